The van der Waals surface area contributed by atoms with Crippen molar-refractivity contribution in [3.63, 3.8) is 0 Å². The summed E-state index contributed by atoms with van der Waals surface area (Å²) in [6, 6.07) is 7.89. The first-order valence-corrected chi connectivity index (χ1v) is 11.3. The van der Waals surface area contributed by atoms with Crippen molar-refractivity contribution >= 4 is 8.07 Å². The van der Waals surface area contributed by atoms with Crippen molar-refractivity contribution in [2.75, 3.05) is 13.7 Å². The van der Waals surface area contributed by atoms with Gasteiger partial charge in [0.1, 0.15) is 19.9 Å². The van der Waals surface area contributed by atoms with E-state index in [2.05, 4.69) is 31.1 Å². The van der Waals surface area contributed by atoms with E-state index in [0.29, 0.717) is 13.2 Å². The third-order valence-electron chi connectivity index (χ3n) is 3.06. The average Bonchev–Trinajstić information content (AvgIpc) is 2.48. The van der Waals surface area contributed by atoms with Gasteiger partial charge in [-0.2, -0.15) is 0 Å². The molecule has 0 aliphatic carbocycles. The molecule has 0 amide bonds. The van der Waals surface area contributed by atoms with Crippen LogP contribution in [0.4, 0.5) is 0 Å². The van der Waals surface area contributed by atoms with E-state index in [1.807, 2.05) is 24.3 Å². The number of ether oxygens (including phenoxy) is 2. The van der Waals surface area contributed by atoms with Gasteiger partial charge in [-0.05, 0) is 37.0 Å². The number of unbranched alkanes of at least 4 members (excludes halogenated alkanes) is 1. The van der Waals surface area contributed by atoms with Crippen LogP contribution in [0.1, 0.15) is 24.8 Å². The van der Waals surface area contributed by atoms with Crippen LogP contribution in [0.2, 0.25) is 19.6 Å². The molecular formula is C18H28O3Si. The molecule has 0 fully saturated rings. The highest BCUT2D eigenvalue weighted by atomic mass is 28.3. The van der Waals surface area contributed by atoms with E-state index in [0.717, 1.165) is 30.6 Å². The molecule has 4 heteroatoms. The zero-order valence-electron chi connectivity index (χ0n) is 14.2. The first kappa shape index (κ1) is 18.8. The van der Waals surface area contributed by atoms with Crippen LogP contribution in [0.3, 0.4) is 0 Å². The molecule has 3 nitrogen and oxygen atoms in total. The molecule has 0 saturated carbocycles. The Balaban J connectivity index is 2.11. The fourth-order valence-corrected chi connectivity index (χ4v) is 2.43. The Hall–Kier alpha value is -1.28. The Bertz CT molecular complexity index is 480. The van der Waals surface area contributed by atoms with Crippen LogP contribution in [0.5, 0.6) is 5.75 Å². The molecule has 0 heterocycles. The maximum Gasteiger partial charge on any atom is 0.129 e. The molecule has 0 radical (unpaired) electrons. The van der Waals surface area contributed by atoms with Crippen LogP contribution in [-0.4, -0.2) is 33.0 Å². The van der Waals surface area contributed by atoms with Gasteiger partial charge in [0.15, 0.2) is 0 Å². The molecule has 1 aromatic rings. The summed E-state index contributed by atoms with van der Waals surface area (Å²) in [5, 5.41) is 9.79. The van der Waals surface area contributed by atoms with Crippen LogP contribution in [0, 0.1) is 11.5 Å². The largest absolute Gasteiger partial charge is 0.497 e. The molecule has 1 atom stereocenters. The van der Waals surface area contributed by atoms with Crippen LogP contribution < -0.4 is 4.74 Å². The second-order valence-corrected chi connectivity index (χ2v) is 11.2. The highest BCUT2D eigenvalue weighted by molar-refractivity contribution is 6.83. The van der Waals surface area contributed by atoms with Crippen LogP contribution in [0.25, 0.3) is 0 Å². The van der Waals surface area contributed by atoms with E-state index in [1.165, 1.54) is 0 Å². The van der Waals surface area contributed by atoms with Crippen LogP contribution >= 0.6 is 0 Å². The number of rotatable bonds is 8. The van der Waals surface area contributed by atoms with Gasteiger partial charge in [-0.3, -0.25) is 0 Å². The standard InChI is InChI=1S/C18H28O3Si/c1-20-18-10-8-16(9-11-18)15-21-13-6-5-7-17(19)12-14-22(2,3)4/h8-11,17,19H,5-7,13,15H2,1-4H3/t17-/m0/s1. The van der Waals surface area contributed by atoms with Gasteiger partial charge in [-0.15, -0.1) is 5.54 Å². The van der Waals surface area contributed by atoms with Crippen LogP contribution in [0.15, 0.2) is 24.3 Å². The molecule has 0 spiro atoms. The van der Waals surface area contributed by atoms with Crippen LogP contribution in [-0.2, 0) is 11.3 Å². The summed E-state index contributed by atoms with van der Waals surface area (Å²) in [6.45, 7) is 7.86. The number of methoxy groups -OCH3 is 1. The Labute approximate surface area is 135 Å². The third kappa shape index (κ3) is 8.88. The molecule has 1 rings (SSSR count). The average molecular weight is 321 g/mol. The SMILES string of the molecule is COc1ccc(COCCCC[C@H](O)C#C[Si](C)(C)C)cc1. The fraction of sp³-hybridized carbons (Fsp3) is 0.556. The lowest BCUT2D eigenvalue weighted by molar-refractivity contribution is 0.113. The van der Waals surface area contributed by atoms with E-state index in [1.54, 1.807) is 7.11 Å². The number of hydrogen-bond acceptors (Lipinski definition) is 3. The summed E-state index contributed by atoms with van der Waals surface area (Å²) in [5.74, 6) is 3.82. The maximum atomic E-state index is 9.79. The molecule has 0 unspecified atom stereocenters. The molecule has 122 valence electrons. The van der Waals surface area contributed by atoms with E-state index >= 15 is 0 Å². The molecular weight excluding hydrogens is 292 g/mol. The monoisotopic (exact) mass is 320 g/mol. The van der Waals surface area contributed by atoms with Gasteiger partial charge in [-0.25, -0.2) is 0 Å². The summed E-state index contributed by atoms with van der Waals surface area (Å²) in [7, 11) is 0.281. The Kier molecular flexibility index (Phi) is 8.25. The normalized spacial score (nSPS) is 12.4. The summed E-state index contributed by atoms with van der Waals surface area (Å²) >= 11 is 0. The minimum absolute atomic E-state index is 0.492. The van der Waals surface area contributed by atoms with Gasteiger partial charge in [0.25, 0.3) is 0 Å². The van der Waals surface area contributed by atoms with E-state index in [4.69, 9.17) is 9.47 Å². The molecule has 0 saturated heterocycles. The van der Waals surface area contributed by atoms with Gasteiger partial charge in [0, 0.05) is 6.61 Å². The lowest BCUT2D eigenvalue weighted by Crippen LogP contribution is -2.17. The minimum atomic E-state index is -1.38. The lowest BCUT2D eigenvalue weighted by Gasteiger charge is -2.08. The highest BCUT2D eigenvalue weighted by Crippen LogP contribution is 2.12. The minimum Gasteiger partial charge on any atom is -0.497 e. The molecule has 0 aromatic heterocycles. The zero-order chi connectivity index (χ0) is 16.4. The Morgan fingerprint density at radius 1 is 1.14 bits per heavy atom. The first-order valence-electron chi connectivity index (χ1n) is 7.82. The number of hydrogen-bond donors (Lipinski definition) is 1. The van der Waals surface area contributed by atoms with Gasteiger partial charge in [0.05, 0.1) is 13.7 Å². The second-order valence-electron chi connectivity index (χ2n) is 6.43. The van der Waals surface area contributed by atoms with Crippen molar-refractivity contribution in [2.45, 2.75) is 51.6 Å². The quantitative estimate of drug-likeness (QED) is 0.452. The van der Waals surface area contributed by atoms with Gasteiger partial charge in [0.2, 0.25) is 0 Å². The number of aliphatic hydroxyl groups excluding tert-OH is 1. The molecule has 0 aliphatic rings. The number of benzene rings is 1. The second kappa shape index (κ2) is 9.68. The summed E-state index contributed by atoms with van der Waals surface area (Å²) in [5.41, 5.74) is 4.34. The predicted molar refractivity (Wildman–Crippen MR) is 93.6 cm³/mol. The van der Waals surface area contributed by atoms with Gasteiger partial charge in [-0.1, -0.05) is 37.7 Å². The fourth-order valence-electron chi connectivity index (χ4n) is 1.83. The lowest BCUT2D eigenvalue weighted by atomic mass is 10.2. The van der Waals surface area contributed by atoms with Gasteiger partial charge >= 0.3 is 0 Å². The highest BCUT2D eigenvalue weighted by Gasteiger charge is 2.08. The predicted octanol–water partition coefficient (Wildman–Crippen LogP) is 3.62. The summed E-state index contributed by atoms with van der Waals surface area (Å²) in [4.78, 5) is 0. The van der Waals surface area contributed by atoms with E-state index in [-0.39, 0.29) is 0 Å². The summed E-state index contributed by atoms with van der Waals surface area (Å²) < 4.78 is 10.8. The zero-order valence-corrected chi connectivity index (χ0v) is 15.2. The van der Waals surface area contributed by atoms with Crippen molar-refractivity contribution in [3.8, 4) is 17.2 Å². The molecule has 0 aliphatic heterocycles. The summed E-state index contributed by atoms with van der Waals surface area (Å²) in [6.07, 6.45) is 2.11. The Morgan fingerprint density at radius 3 is 2.41 bits per heavy atom. The van der Waals surface area contributed by atoms with Crippen molar-refractivity contribution in [3.05, 3.63) is 29.8 Å². The number of aliphatic hydroxyl groups is 1. The van der Waals surface area contributed by atoms with Crippen molar-refractivity contribution < 1.29 is 14.6 Å². The molecule has 1 aromatic carbocycles. The third-order valence-corrected chi connectivity index (χ3v) is 3.95. The maximum absolute atomic E-state index is 9.79. The van der Waals surface area contributed by atoms with Crippen molar-refractivity contribution in [1.29, 1.82) is 0 Å². The Morgan fingerprint density at radius 2 is 1.82 bits per heavy atom. The molecule has 1 N–H and O–H groups in total. The molecule has 0 bridgehead atoms. The van der Waals surface area contributed by atoms with Crippen molar-refractivity contribution in [1.82, 2.24) is 0 Å². The van der Waals surface area contributed by atoms with Gasteiger partial charge < -0.3 is 14.6 Å². The first-order chi connectivity index (χ1) is 10.4. The van der Waals surface area contributed by atoms with Crippen molar-refractivity contribution in [2.24, 2.45) is 0 Å². The topological polar surface area (TPSA) is 38.7 Å². The van der Waals surface area contributed by atoms with E-state index in [9.17, 15) is 5.11 Å². The molecule has 22 heavy (non-hydrogen) atoms. The van der Waals surface area contributed by atoms with E-state index < -0.39 is 14.2 Å². The smallest absolute Gasteiger partial charge is 0.129 e.